The Labute approximate surface area is 176 Å². The molecule has 2 aromatic heterocycles. The van der Waals surface area contributed by atoms with Crippen LogP contribution in [0.3, 0.4) is 0 Å². The number of aromatic nitrogens is 2. The molecular weight excluding hydrogens is 367 g/mol. The second kappa shape index (κ2) is 5.76. The standard InChI is InChI=1S/C26H21BN2O/c1-26(2)21-6-4-3-5-17(21)20-14-28-25(13-22(20)26)29-23-10-7-15(27)11-19(23)18-9-8-16(30)12-24(18)29/h3-14,30H,27H2,1-2H3. The lowest BCUT2D eigenvalue weighted by atomic mass is 9.83. The molecule has 0 unspecified atom stereocenters. The number of nitrogens with zero attached hydrogens (tertiary/aromatic N) is 2. The molecule has 0 radical (unpaired) electrons. The third kappa shape index (κ3) is 2.19. The molecule has 0 fully saturated rings. The number of fused-ring (bicyclic) bond motifs is 6. The zero-order chi connectivity index (χ0) is 20.6. The predicted octanol–water partition coefficient (Wildman–Crippen LogP) is 4.45. The molecule has 1 aliphatic carbocycles. The van der Waals surface area contributed by atoms with Crippen molar-refractivity contribution in [3.05, 3.63) is 84.1 Å². The van der Waals surface area contributed by atoms with Gasteiger partial charge in [-0.05, 0) is 41.0 Å². The van der Waals surface area contributed by atoms with E-state index in [4.69, 9.17) is 4.98 Å². The van der Waals surface area contributed by atoms with Crippen LogP contribution < -0.4 is 5.46 Å². The van der Waals surface area contributed by atoms with Crippen LogP contribution in [-0.4, -0.2) is 22.5 Å². The molecule has 0 atom stereocenters. The fraction of sp³-hybridized carbons (Fsp3) is 0.115. The molecule has 5 aromatic rings. The first-order chi connectivity index (χ1) is 14.4. The van der Waals surface area contributed by atoms with Crippen LogP contribution >= 0.6 is 0 Å². The smallest absolute Gasteiger partial charge is 0.139 e. The Morgan fingerprint density at radius 2 is 1.67 bits per heavy atom. The molecule has 0 aliphatic heterocycles. The van der Waals surface area contributed by atoms with Crippen molar-refractivity contribution in [1.82, 2.24) is 9.55 Å². The average Bonchev–Trinajstić information content (AvgIpc) is 3.17. The first-order valence-corrected chi connectivity index (χ1v) is 10.3. The molecule has 30 heavy (non-hydrogen) atoms. The summed E-state index contributed by atoms with van der Waals surface area (Å²) in [5.74, 6) is 1.14. The molecule has 144 valence electrons. The van der Waals surface area contributed by atoms with Crippen molar-refractivity contribution >= 4 is 35.1 Å². The Morgan fingerprint density at radius 1 is 0.833 bits per heavy atom. The number of benzene rings is 3. The van der Waals surface area contributed by atoms with E-state index >= 15 is 0 Å². The van der Waals surface area contributed by atoms with Crippen molar-refractivity contribution < 1.29 is 5.11 Å². The topological polar surface area (TPSA) is 38.0 Å². The summed E-state index contributed by atoms with van der Waals surface area (Å²) in [4.78, 5) is 4.89. The van der Waals surface area contributed by atoms with Crippen molar-refractivity contribution in [1.29, 1.82) is 0 Å². The van der Waals surface area contributed by atoms with E-state index in [9.17, 15) is 5.11 Å². The lowest BCUT2D eigenvalue weighted by molar-refractivity contribution is 0.476. The number of hydrogen-bond acceptors (Lipinski definition) is 2. The van der Waals surface area contributed by atoms with Gasteiger partial charge in [-0.3, -0.25) is 4.57 Å². The number of phenolic OH excluding ortho intramolecular Hbond substituents is 1. The zero-order valence-corrected chi connectivity index (χ0v) is 17.3. The van der Waals surface area contributed by atoms with Gasteiger partial charge >= 0.3 is 0 Å². The van der Waals surface area contributed by atoms with E-state index in [-0.39, 0.29) is 11.2 Å². The molecule has 0 saturated carbocycles. The highest BCUT2D eigenvalue weighted by molar-refractivity contribution is 6.33. The maximum Gasteiger partial charge on any atom is 0.139 e. The summed E-state index contributed by atoms with van der Waals surface area (Å²) in [6, 6.07) is 22.9. The zero-order valence-electron chi connectivity index (χ0n) is 17.3. The van der Waals surface area contributed by atoms with Crippen LogP contribution in [-0.2, 0) is 5.41 Å². The van der Waals surface area contributed by atoms with Gasteiger partial charge in [0.05, 0.1) is 11.0 Å². The highest BCUT2D eigenvalue weighted by Crippen LogP contribution is 2.48. The molecule has 0 amide bonds. The number of rotatable bonds is 1. The van der Waals surface area contributed by atoms with E-state index in [1.807, 2.05) is 18.3 Å². The summed E-state index contributed by atoms with van der Waals surface area (Å²) in [6.45, 7) is 4.56. The second-order valence-electron chi connectivity index (χ2n) is 8.82. The van der Waals surface area contributed by atoms with Crippen molar-refractivity contribution in [3.63, 3.8) is 0 Å². The van der Waals surface area contributed by atoms with Gasteiger partial charge < -0.3 is 5.11 Å². The minimum Gasteiger partial charge on any atom is -0.508 e. The molecular formula is C26H21BN2O. The van der Waals surface area contributed by atoms with Crippen LogP contribution in [0.15, 0.2) is 72.9 Å². The van der Waals surface area contributed by atoms with E-state index in [1.54, 1.807) is 6.07 Å². The van der Waals surface area contributed by atoms with E-state index in [1.165, 1.54) is 33.1 Å². The average molecular weight is 388 g/mol. The molecule has 3 aromatic carbocycles. The van der Waals surface area contributed by atoms with Crippen molar-refractivity contribution in [2.75, 3.05) is 0 Å². The fourth-order valence-corrected chi connectivity index (χ4v) is 5.08. The summed E-state index contributed by atoms with van der Waals surface area (Å²) in [5.41, 5.74) is 8.31. The van der Waals surface area contributed by atoms with Crippen LogP contribution in [0.4, 0.5) is 0 Å². The Morgan fingerprint density at radius 3 is 2.53 bits per heavy atom. The van der Waals surface area contributed by atoms with Gasteiger partial charge in [-0.15, -0.1) is 0 Å². The van der Waals surface area contributed by atoms with Gasteiger partial charge in [0.15, 0.2) is 0 Å². The lowest BCUT2D eigenvalue weighted by Crippen LogP contribution is -2.15. The number of phenols is 1. The molecule has 2 heterocycles. The molecule has 1 N–H and O–H groups in total. The first-order valence-electron chi connectivity index (χ1n) is 10.3. The molecule has 4 heteroatoms. The second-order valence-corrected chi connectivity index (χ2v) is 8.82. The Balaban J connectivity index is 1.68. The van der Waals surface area contributed by atoms with E-state index in [2.05, 4.69) is 74.8 Å². The van der Waals surface area contributed by atoms with Crippen LogP contribution in [0.5, 0.6) is 5.75 Å². The van der Waals surface area contributed by atoms with Crippen LogP contribution in [0.25, 0.3) is 38.8 Å². The summed E-state index contributed by atoms with van der Waals surface area (Å²) in [5, 5.41) is 12.5. The summed E-state index contributed by atoms with van der Waals surface area (Å²) < 4.78 is 2.17. The maximum atomic E-state index is 10.2. The quantitative estimate of drug-likeness (QED) is 0.431. The number of aromatic hydroxyl groups is 1. The third-order valence-electron chi connectivity index (χ3n) is 6.59. The molecule has 0 spiro atoms. The molecule has 0 bridgehead atoms. The molecule has 0 saturated heterocycles. The minimum atomic E-state index is -0.0822. The van der Waals surface area contributed by atoms with Gasteiger partial charge in [0.2, 0.25) is 0 Å². The van der Waals surface area contributed by atoms with Crippen LogP contribution in [0.2, 0.25) is 0 Å². The highest BCUT2D eigenvalue weighted by Gasteiger charge is 2.35. The number of hydrogen-bond donors (Lipinski definition) is 1. The first kappa shape index (κ1) is 17.3. The molecule has 6 rings (SSSR count). The van der Waals surface area contributed by atoms with Crippen LogP contribution in [0, 0.1) is 0 Å². The lowest BCUT2D eigenvalue weighted by Gasteiger charge is -2.22. The Bertz CT molecular complexity index is 1500. The largest absolute Gasteiger partial charge is 0.508 e. The van der Waals surface area contributed by atoms with Crippen molar-refractivity contribution in [3.8, 4) is 22.7 Å². The summed E-state index contributed by atoms with van der Waals surface area (Å²) in [6.07, 6.45) is 2.01. The summed E-state index contributed by atoms with van der Waals surface area (Å²) in [7, 11) is 2.11. The Kier molecular flexibility index (Phi) is 3.33. The third-order valence-corrected chi connectivity index (χ3v) is 6.59. The predicted molar refractivity (Wildman–Crippen MR) is 126 cm³/mol. The number of pyridine rings is 1. The normalized spacial score (nSPS) is 14.2. The van der Waals surface area contributed by atoms with Crippen LogP contribution in [0.1, 0.15) is 25.0 Å². The van der Waals surface area contributed by atoms with E-state index in [0.29, 0.717) is 0 Å². The molecule has 3 nitrogen and oxygen atoms in total. The van der Waals surface area contributed by atoms with E-state index in [0.717, 1.165) is 22.2 Å². The van der Waals surface area contributed by atoms with Gasteiger partial charge in [0, 0.05) is 34.0 Å². The summed E-state index contributed by atoms with van der Waals surface area (Å²) >= 11 is 0. The van der Waals surface area contributed by atoms with Crippen molar-refractivity contribution in [2.24, 2.45) is 0 Å². The van der Waals surface area contributed by atoms with E-state index < -0.39 is 0 Å². The monoisotopic (exact) mass is 388 g/mol. The minimum absolute atomic E-state index is 0.0822. The SMILES string of the molecule is Bc1ccc2c(c1)c1ccc(O)cc1n2-c1cc2c(cn1)-c1ccccc1C2(C)C. The van der Waals surface area contributed by atoms with Gasteiger partial charge in [-0.2, -0.15) is 0 Å². The van der Waals surface area contributed by atoms with Gasteiger partial charge in [0.1, 0.15) is 19.4 Å². The Hall–Kier alpha value is -3.53. The van der Waals surface area contributed by atoms with Gasteiger partial charge in [0.25, 0.3) is 0 Å². The highest BCUT2D eigenvalue weighted by atomic mass is 16.3. The maximum absolute atomic E-state index is 10.2. The van der Waals surface area contributed by atoms with Gasteiger partial charge in [-0.25, -0.2) is 4.98 Å². The fourth-order valence-electron chi connectivity index (χ4n) is 5.08. The van der Waals surface area contributed by atoms with Gasteiger partial charge in [-0.1, -0.05) is 55.7 Å². The van der Waals surface area contributed by atoms with Crippen molar-refractivity contribution in [2.45, 2.75) is 19.3 Å². The molecule has 1 aliphatic rings.